The van der Waals surface area contributed by atoms with Crippen LogP contribution in [0.1, 0.15) is 49.5 Å². The fourth-order valence-corrected chi connectivity index (χ4v) is 3.02. The molecule has 0 aliphatic carbocycles. The van der Waals surface area contributed by atoms with Gasteiger partial charge < -0.3 is 9.80 Å². The van der Waals surface area contributed by atoms with Crippen molar-refractivity contribution in [3.63, 3.8) is 0 Å². The van der Waals surface area contributed by atoms with Crippen LogP contribution in [-0.2, 0) is 0 Å². The fourth-order valence-electron chi connectivity index (χ4n) is 3.02. The van der Waals surface area contributed by atoms with Crippen molar-refractivity contribution in [2.45, 2.75) is 40.5 Å². The van der Waals surface area contributed by atoms with E-state index in [2.05, 4.69) is 23.7 Å². The van der Waals surface area contributed by atoms with Crippen molar-refractivity contribution < 1.29 is 4.79 Å². The number of amides is 1. The van der Waals surface area contributed by atoms with Gasteiger partial charge in [0.1, 0.15) is 0 Å². The molecule has 4 nitrogen and oxygen atoms in total. The van der Waals surface area contributed by atoms with Crippen LogP contribution >= 0.6 is 0 Å². The van der Waals surface area contributed by atoms with E-state index in [4.69, 9.17) is 0 Å². The van der Waals surface area contributed by atoms with E-state index in [0.717, 1.165) is 42.9 Å². The minimum absolute atomic E-state index is 0.00426. The highest BCUT2D eigenvalue weighted by atomic mass is 16.2. The lowest BCUT2D eigenvalue weighted by molar-refractivity contribution is 0.0988. The zero-order valence-corrected chi connectivity index (χ0v) is 15.8. The molecular formula is C21H29N3O. The molecule has 0 spiro atoms. The van der Waals surface area contributed by atoms with Gasteiger partial charge in [0.05, 0.1) is 17.4 Å². The molecule has 0 saturated carbocycles. The van der Waals surface area contributed by atoms with Gasteiger partial charge in [-0.15, -0.1) is 0 Å². The van der Waals surface area contributed by atoms with E-state index in [-0.39, 0.29) is 5.91 Å². The van der Waals surface area contributed by atoms with Gasteiger partial charge in [0, 0.05) is 31.5 Å². The second-order valence-corrected chi connectivity index (χ2v) is 6.31. The summed E-state index contributed by atoms with van der Waals surface area (Å²) < 4.78 is 0. The monoisotopic (exact) mass is 339 g/mol. The van der Waals surface area contributed by atoms with Crippen LogP contribution in [-0.4, -0.2) is 30.5 Å². The number of aromatic nitrogens is 1. The molecule has 134 valence electrons. The molecule has 0 saturated heterocycles. The van der Waals surface area contributed by atoms with Gasteiger partial charge in [0.2, 0.25) is 0 Å². The number of hydrogen-bond donors (Lipinski definition) is 0. The molecule has 1 aromatic carbocycles. The third-order valence-corrected chi connectivity index (χ3v) is 4.20. The first-order valence-electron chi connectivity index (χ1n) is 9.19. The number of hydrogen-bond acceptors (Lipinski definition) is 3. The normalized spacial score (nSPS) is 10.6. The molecule has 4 heteroatoms. The van der Waals surface area contributed by atoms with Crippen LogP contribution < -0.4 is 9.80 Å². The van der Waals surface area contributed by atoms with Crippen LogP contribution in [0.3, 0.4) is 0 Å². The standard InChI is InChI=1S/C21H29N3O/c1-5-11-23(12-6-2)20-14-18(15-22-16-20)21(25)24(7-3)19-10-8-9-17(4)13-19/h8-10,13-16H,5-7,11-12H2,1-4H3. The number of benzene rings is 1. The molecule has 0 bridgehead atoms. The zero-order valence-electron chi connectivity index (χ0n) is 15.8. The number of carbonyl (C=O) groups is 1. The second kappa shape index (κ2) is 9.21. The summed E-state index contributed by atoms with van der Waals surface area (Å²) in [5.41, 5.74) is 3.73. The van der Waals surface area contributed by atoms with Crippen molar-refractivity contribution in [3.05, 3.63) is 53.9 Å². The molecule has 0 unspecified atom stereocenters. The Morgan fingerprint density at radius 3 is 2.32 bits per heavy atom. The largest absolute Gasteiger partial charge is 0.370 e. The summed E-state index contributed by atoms with van der Waals surface area (Å²) in [6.07, 6.45) is 5.66. The topological polar surface area (TPSA) is 36.4 Å². The molecular weight excluding hydrogens is 310 g/mol. The molecule has 0 N–H and O–H groups in total. The molecule has 1 heterocycles. The van der Waals surface area contributed by atoms with E-state index in [9.17, 15) is 4.79 Å². The maximum absolute atomic E-state index is 13.0. The van der Waals surface area contributed by atoms with Gasteiger partial charge in [-0.25, -0.2) is 0 Å². The van der Waals surface area contributed by atoms with E-state index in [0.29, 0.717) is 12.1 Å². The average Bonchev–Trinajstić information content (AvgIpc) is 2.62. The quantitative estimate of drug-likeness (QED) is 0.700. The van der Waals surface area contributed by atoms with Gasteiger partial charge in [0.15, 0.2) is 0 Å². The van der Waals surface area contributed by atoms with E-state index < -0.39 is 0 Å². The highest BCUT2D eigenvalue weighted by molar-refractivity contribution is 6.06. The third-order valence-electron chi connectivity index (χ3n) is 4.20. The van der Waals surface area contributed by atoms with E-state index in [1.807, 2.05) is 50.4 Å². The van der Waals surface area contributed by atoms with Crippen LogP contribution in [0.2, 0.25) is 0 Å². The number of anilines is 2. The Bertz CT molecular complexity index is 693. The highest BCUT2D eigenvalue weighted by Gasteiger charge is 2.18. The van der Waals surface area contributed by atoms with Crippen molar-refractivity contribution in [1.82, 2.24) is 4.98 Å². The maximum atomic E-state index is 13.0. The van der Waals surface area contributed by atoms with E-state index in [1.165, 1.54) is 0 Å². The summed E-state index contributed by atoms with van der Waals surface area (Å²) in [6, 6.07) is 10.0. The number of nitrogens with zero attached hydrogens (tertiary/aromatic N) is 3. The molecule has 0 atom stereocenters. The van der Waals surface area contributed by atoms with Crippen LogP contribution in [0.5, 0.6) is 0 Å². The Kier molecular flexibility index (Phi) is 6.99. The Labute approximate surface area is 151 Å². The van der Waals surface area contributed by atoms with Crippen LogP contribution in [0.25, 0.3) is 0 Å². The number of rotatable bonds is 8. The lowest BCUT2D eigenvalue weighted by atomic mass is 10.1. The van der Waals surface area contributed by atoms with Gasteiger partial charge in [-0.3, -0.25) is 9.78 Å². The van der Waals surface area contributed by atoms with Gasteiger partial charge in [-0.2, -0.15) is 0 Å². The maximum Gasteiger partial charge on any atom is 0.259 e. The van der Waals surface area contributed by atoms with Crippen molar-refractivity contribution in [1.29, 1.82) is 0 Å². The van der Waals surface area contributed by atoms with Gasteiger partial charge in [0.25, 0.3) is 5.91 Å². The van der Waals surface area contributed by atoms with E-state index >= 15 is 0 Å². The molecule has 2 aromatic rings. The predicted molar refractivity (Wildman–Crippen MR) is 106 cm³/mol. The second-order valence-electron chi connectivity index (χ2n) is 6.31. The summed E-state index contributed by atoms with van der Waals surface area (Å²) in [5, 5.41) is 0. The third kappa shape index (κ3) is 4.81. The summed E-state index contributed by atoms with van der Waals surface area (Å²) in [4.78, 5) is 21.5. The summed E-state index contributed by atoms with van der Waals surface area (Å²) in [6.45, 7) is 10.9. The molecule has 25 heavy (non-hydrogen) atoms. The summed E-state index contributed by atoms with van der Waals surface area (Å²) >= 11 is 0. The smallest absolute Gasteiger partial charge is 0.259 e. The minimum atomic E-state index is -0.00426. The van der Waals surface area contributed by atoms with Crippen LogP contribution in [0, 0.1) is 6.92 Å². The summed E-state index contributed by atoms with van der Waals surface area (Å²) in [7, 11) is 0. The molecule has 1 amide bonds. The van der Waals surface area contributed by atoms with Gasteiger partial charge >= 0.3 is 0 Å². The Morgan fingerprint density at radius 1 is 1.00 bits per heavy atom. The molecule has 0 fully saturated rings. The van der Waals surface area contributed by atoms with Crippen molar-refractivity contribution >= 4 is 17.3 Å². The minimum Gasteiger partial charge on any atom is -0.370 e. The van der Waals surface area contributed by atoms with Crippen molar-refractivity contribution in [2.24, 2.45) is 0 Å². The number of pyridine rings is 1. The van der Waals surface area contributed by atoms with Crippen molar-refractivity contribution in [2.75, 3.05) is 29.4 Å². The lowest BCUT2D eigenvalue weighted by Gasteiger charge is -2.25. The molecule has 0 aliphatic heterocycles. The fraction of sp³-hybridized carbons (Fsp3) is 0.429. The van der Waals surface area contributed by atoms with E-state index in [1.54, 1.807) is 11.1 Å². The number of carbonyl (C=O) groups excluding carboxylic acids is 1. The molecule has 2 rings (SSSR count). The van der Waals surface area contributed by atoms with Crippen molar-refractivity contribution in [3.8, 4) is 0 Å². The SMILES string of the molecule is CCCN(CCC)c1cncc(C(=O)N(CC)c2cccc(C)c2)c1. The lowest BCUT2D eigenvalue weighted by Crippen LogP contribution is -2.31. The number of aryl methyl sites for hydroxylation is 1. The zero-order chi connectivity index (χ0) is 18.2. The Morgan fingerprint density at radius 2 is 1.72 bits per heavy atom. The van der Waals surface area contributed by atoms with Gasteiger partial charge in [-0.1, -0.05) is 26.0 Å². The first-order chi connectivity index (χ1) is 12.1. The van der Waals surface area contributed by atoms with Crippen LogP contribution in [0.4, 0.5) is 11.4 Å². The molecule has 0 aliphatic rings. The Balaban J connectivity index is 2.30. The van der Waals surface area contributed by atoms with Gasteiger partial charge in [-0.05, 0) is 50.5 Å². The predicted octanol–water partition coefficient (Wildman–Crippen LogP) is 4.68. The first-order valence-corrected chi connectivity index (χ1v) is 9.19. The molecule has 1 aromatic heterocycles. The molecule has 0 radical (unpaired) electrons. The summed E-state index contributed by atoms with van der Waals surface area (Å²) in [5.74, 6) is -0.00426. The first kappa shape index (κ1) is 19.0. The average molecular weight is 339 g/mol. The van der Waals surface area contributed by atoms with Crippen LogP contribution in [0.15, 0.2) is 42.7 Å². The highest BCUT2D eigenvalue weighted by Crippen LogP contribution is 2.21. The Hall–Kier alpha value is -2.36.